The molecule has 0 unspecified atom stereocenters. The van der Waals surface area contributed by atoms with E-state index >= 15 is 0 Å². The average molecular weight is 354 g/mol. The molecule has 0 saturated carbocycles. The third kappa shape index (κ3) is 15.4. The number of halogens is 2. The van der Waals surface area contributed by atoms with Gasteiger partial charge in [0.15, 0.2) is 0 Å². The molecule has 0 saturated heterocycles. The molecular weight excluding hydrogens is 313 g/mol. The van der Waals surface area contributed by atoms with Crippen molar-refractivity contribution < 1.29 is 16.9 Å². The van der Waals surface area contributed by atoms with Gasteiger partial charge in [0.1, 0.15) is 0 Å². The minimum absolute atomic E-state index is 0. The molecule has 0 bridgehead atoms. The molecule has 136 valence electrons. The molecule has 0 aromatic carbocycles. The van der Waals surface area contributed by atoms with Crippen molar-refractivity contribution in [2.24, 2.45) is 0 Å². The first-order valence-electron chi connectivity index (χ1n) is 9.58. The largest absolute Gasteiger partial charge is 1.00 e. The van der Waals surface area contributed by atoms with Crippen molar-refractivity contribution in [1.82, 2.24) is 0 Å². The van der Waals surface area contributed by atoms with E-state index in [4.69, 9.17) is 11.6 Å². The first kappa shape index (κ1) is 24.8. The molecule has 0 aliphatic rings. The highest BCUT2D eigenvalue weighted by Gasteiger charge is 2.19. The Morgan fingerprint density at radius 2 is 0.955 bits per heavy atom. The monoisotopic (exact) mass is 353 g/mol. The first-order chi connectivity index (χ1) is 10.2. The topological polar surface area (TPSA) is 0 Å². The number of hydrogen-bond donors (Lipinski definition) is 0. The zero-order valence-corrected chi connectivity index (χ0v) is 17.0. The Labute approximate surface area is 152 Å². The highest BCUT2D eigenvalue weighted by Crippen LogP contribution is 2.14. The minimum atomic E-state index is 0. The lowest BCUT2D eigenvalue weighted by atomic mass is 10.1. The Balaban J connectivity index is 0. The van der Waals surface area contributed by atoms with E-state index in [1.54, 1.807) is 0 Å². The Hall–Kier alpha value is 0.540. The summed E-state index contributed by atoms with van der Waals surface area (Å²) >= 11 is 5.85. The van der Waals surface area contributed by atoms with Crippen molar-refractivity contribution in [3.8, 4) is 0 Å². The Kier molecular flexibility index (Phi) is 20.2. The molecule has 22 heavy (non-hydrogen) atoms. The number of rotatable bonds is 16. The molecule has 3 heteroatoms. The van der Waals surface area contributed by atoms with Crippen LogP contribution in [-0.4, -0.2) is 37.0 Å². The fourth-order valence-electron chi connectivity index (χ4n) is 3.12. The first-order valence-corrected chi connectivity index (χ1v) is 10.1. The summed E-state index contributed by atoms with van der Waals surface area (Å²) in [4.78, 5) is 0. The van der Waals surface area contributed by atoms with Crippen molar-refractivity contribution in [3.05, 3.63) is 0 Å². The normalized spacial score (nSPS) is 11.5. The average Bonchev–Trinajstić information content (AvgIpc) is 2.47. The SMILES string of the molecule is CCCCCCC[N+](C)(CCCCCl)CCCCCCC.[Cl-]. The van der Waals surface area contributed by atoms with Gasteiger partial charge in [0.05, 0.1) is 26.7 Å². The Morgan fingerprint density at radius 3 is 1.32 bits per heavy atom. The van der Waals surface area contributed by atoms with Gasteiger partial charge in [-0.15, -0.1) is 11.6 Å². The fraction of sp³-hybridized carbons (Fsp3) is 1.00. The van der Waals surface area contributed by atoms with Crippen LogP contribution in [0.5, 0.6) is 0 Å². The van der Waals surface area contributed by atoms with Crippen LogP contribution in [0, 0.1) is 0 Å². The third-order valence-electron chi connectivity index (χ3n) is 4.68. The van der Waals surface area contributed by atoms with Crippen molar-refractivity contribution in [3.63, 3.8) is 0 Å². The van der Waals surface area contributed by atoms with Gasteiger partial charge in [-0.05, 0) is 38.5 Å². The number of hydrogen-bond acceptors (Lipinski definition) is 0. The second-order valence-corrected chi connectivity index (χ2v) is 7.39. The van der Waals surface area contributed by atoms with Gasteiger partial charge in [0.2, 0.25) is 0 Å². The highest BCUT2D eigenvalue weighted by molar-refractivity contribution is 6.17. The Bertz CT molecular complexity index is 196. The molecule has 0 amide bonds. The van der Waals surface area contributed by atoms with Crippen LogP contribution in [0.15, 0.2) is 0 Å². The van der Waals surface area contributed by atoms with Gasteiger partial charge in [-0.2, -0.15) is 0 Å². The van der Waals surface area contributed by atoms with Crippen LogP contribution in [0.1, 0.15) is 90.9 Å². The van der Waals surface area contributed by atoms with Crippen LogP contribution in [0.4, 0.5) is 0 Å². The smallest absolute Gasteiger partial charge is 0.0784 e. The molecular formula is C19H41Cl2N. The van der Waals surface area contributed by atoms with Gasteiger partial charge < -0.3 is 16.9 Å². The zero-order valence-electron chi connectivity index (χ0n) is 15.5. The molecule has 0 aromatic heterocycles. The molecule has 0 radical (unpaired) electrons. The summed E-state index contributed by atoms with van der Waals surface area (Å²) in [5.74, 6) is 0.826. The molecule has 0 atom stereocenters. The van der Waals surface area contributed by atoms with Gasteiger partial charge in [-0.25, -0.2) is 0 Å². The van der Waals surface area contributed by atoms with Gasteiger partial charge in [-0.1, -0.05) is 52.4 Å². The quantitative estimate of drug-likeness (QED) is 0.226. The lowest BCUT2D eigenvalue weighted by Gasteiger charge is -2.35. The van der Waals surface area contributed by atoms with Crippen molar-refractivity contribution in [2.45, 2.75) is 90.9 Å². The summed E-state index contributed by atoms with van der Waals surface area (Å²) in [7, 11) is 2.48. The van der Waals surface area contributed by atoms with E-state index in [2.05, 4.69) is 20.9 Å². The molecule has 0 heterocycles. The lowest BCUT2D eigenvalue weighted by molar-refractivity contribution is -0.910. The summed E-state index contributed by atoms with van der Waals surface area (Å²) in [6, 6.07) is 0. The van der Waals surface area contributed by atoms with Crippen molar-refractivity contribution in [2.75, 3.05) is 32.6 Å². The van der Waals surface area contributed by atoms with E-state index in [9.17, 15) is 0 Å². The van der Waals surface area contributed by atoms with Crippen LogP contribution in [0.25, 0.3) is 0 Å². The number of unbranched alkanes of at least 4 members (excludes halogenated alkanes) is 9. The molecule has 0 aromatic rings. The van der Waals surface area contributed by atoms with E-state index in [-0.39, 0.29) is 12.4 Å². The third-order valence-corrected chi connectivity index (χ3v) is 4.95. The van der Waals surface area contributed by atoms with Crippen molar-refractivity contribution >= 4 is 11.6 Å². The van der Waals surface area contributed by atoms with E-state index in [0.29, 0.717) is 0 Å². The zero-order chi connectivity index (χ0) is 15.8. The molecule has 0 aliphatic heterocycles. The van der Waals surface area contributed by atoms with E-state index < -0.39 is 0 Å². The van der Waals surface area contributed by atoms with Crippen LogP contribution < -0.4 is 12.4 Å². The summed E-state index contributed by atoms with van der Waals surface area (Å²) in [6.45, 7) is 8.67. The van der Waals surface area contributed by atoms with Gasteiger partial charge in [0.25, 0.3) is 0 Å². The predicted octanol–water partition coefficient (Wildman–Crippen LogP) is 3.40. The maximum Gasteiger partial charge on any atom is 0.0784 e. The van der Waals surface area contributed by atoms with Crippen molar-refractivity contribution in [1.29, 1.82) is 0 Å². The van der Waals surface area contributed by atoms with Crippen LogP contribution in [0.2, 0.25) is 0 Å². The van der Waals surface area contributed by atoms with E-state index in [1.165, 1.54) is 101 Å². The van der Waals surface area contributed by atoms with E-state index in [0.717, 1.165) is 5.88 Å². The maximum absolute atomic E-state index is 5.85. The van der Waals surface area contributed by atoms with Gasteiger partial charge in [0, 0.05) is 5.88 Å². The second-order valence-electron chi connectivity index (χ2n) is 7.01. The lowest BCUT2D eigenvalue weighted by Crippen LogP contribution is -3.00. The molecule has 1 nitrogen and oxygen atoms in total. The standard InChI is InChI=1S/C19H41ClN.ClH/c1-4-6-8-10-13-17-21(3,19-15-12-16-20)18-14-11-9-7-5-2;/h4-19H2,1-3H3;1H/q+1;/p-1. The summed E-state index contributed by atoms with van der Waals surface area (Å²) in [5.41, 5.74) is 0. The fourth-order valence-corrected chi connectivity index (χ4v) is 3.31. The molecule has 0 fully saturated rings. The van der Waals surface area contributed by atoms with Crippen LogP contribution in [-0.2, 0) is 0 Å². The number of quaternary nitrogens is 1. The minimum Gasteiger partial charge on any atom is -1.00 e. The predicted molar refractivity (Wildman–Crippen MR) is 98.3 cm³/mol. The summed E-state index contributed by atoms with van der Waals surface area (Å²) in [5, 5.41) is 0. The molecule has 0 spiro atoms. The van der Waals surface area contributed by atoms with Crippen LogP contribution >= 0.6 is 11.6 Å². The van der Waals surface area contributed by atoms with Gasteiger partial charge in [-0.3, -0.25) is 0 Å². The summed E-state index contributed by atoms with van der Waals surface area (Å²) < 4.78 is 1.29. The molecule has 0 rings (SSSR count). The maximum atomic E-state index is 5.85. The number of nitrogens with zero attached hydrogens (tertiary/aromatic N) is 1. The second kappa shape index (κ2) is 17.9. The highest BCUT2D eigenvalue weighted by atomic mass is 35.5. The summed E-state index contributed by atoms with van der Waals surface area (Å²) in [6.07, 6.45) is 16.5. The number of alkyl halides is 1. The van der Waals surface area contributed by atoms with E-state index in [1.807, 2.05) is 0 Å². The molecule has 0 N–H and O–H groups in total. The molecule has 0 aliphatic carbocycles. The van der Waals surface area contributed by atoms with Crippen LogP contribution in [0.3, 0.4) is 0 Å². The Morgan fingerprint density at radius 1 is 0.591 bits per heavy atom. The van der Waals surface area contributed by atoms with Gasteiger partial charge >= 0.3 is 0 Å².